The number of rotatable bonds is 5. The van der Waals surface area contributed by atoms with Crippen molar-refractivity contribution in [3.63, 3.8) is 0 Å². The maximum Gasteiger partial charge on any atom is 0.253 e. The van der Waals surface area contributed by atoms with E-state index in [1.807, 2.05) is 20.8 Å². The molecule has 0 aliphatic carbocycles. The summed E-state index contributed by atoms with van der Waals surface area (Å²) < 4.78 is 22.9. The van der Waals surface area contributed by atoms with Crippen LogP contribution in [0.5, 0.6) is 0 Å². The maximum absolute atomic E-state index is 12.2. The van der Waals surface area contributed by atoms with Crippen molar-refractivity contribution < 1.29 is 13.2 Å². The van der Waals surface area contributed by atoms with Gasteiger partial charge in [-0.1, -0.05) is 43.5 Å². The third kappa shape index (κ3) is 4.57. The van der Waals surface area contributed by atoms with Gasteiger partial charge in [-0.25, -0.2) is 13.6 Å². The quantitative estimate of drug-likeness (QED) is 0.853. The highest BCUT2D eigenvalue weighted by Crippen LogP contribution is 2.29. The maximum atomic E-state index is 12.2. The Morgan fingerprint density at radius 3 is 2.38 bits per heavy atom. The van der Waals surface area contributed by atoms with Crippen LogP contribution in [0.4, 0.5) is 0 Å². The van der Waals surface area contributed by atoms with Crippen molar-refractivity contribution in [1.82, 2.24) is 5.32 Å². The molecule has 1 aromatic carbocycles. The number of hydrogen-bond donors (Lipinski definition) is 2. The van der Waals surface area contributed by atoms with Gasteiger partial charge >= 0.3 is 0 Å². The van der Waals surface area contributed by atoms with Crippen LogP contribution in [0.2, 0.25) is 10.0 Å². The van der Waals surface area contributed by atoms with Crippen molar-refractivity contribution in [1.29, 1.82) is 0 Å². The van der Waals surface area contributed by atoms with E-state index in [4.69, 9.17) is 28.3 Å². The lowest BCUT2D eigenvalue weighted by atomic mass is 10.0. The van der Waals surface area contributed by atoms with E-state index in [0.717, 1.165) is 12.5 Å². The normalized spacial score (nSPS) is 14.6. The number of benzene rings is 1. The zero-order valence-corrected chi connectivity index (χ0v) is 14.3. The Morgan fingerprint density at radius 2 is 1.90 bits per heavy atom. The van der Waals surface area contributed by atoms with Crippen molar-refractivity contribution in [2.75, 3.05) is 0 Å². The van der Waals surface area contributed by atoms with E-state index >= 15 is 0 Å². The predicted octanol–water partition coefficient (Wildman–Crippen LogP) is 2.81. The van der Waals surface area contributed by atoms with Gasteiger partial charge in [0, 0.05) is 11.1 Å². The van der Waals surface area contributed by atoms with Crippen molar-refractivity contribution in [3.8, 4) is 0 Å². The van der Waals surface area contributed by atoms with E-state index in [2.05, 4.69) is 5.32 Å². The van der Waals surface area contributed by atoms with Crippen LogP contribution >= 0.6 is 23.2 Å². The summed E-state index contributed by atoms with van der Waals surface area (Å²) in [4.78, 5) is 11.9. The van der Waals surface area contributed by atoms with Gasteiger partial charge in [0.15, 0.2) is 0 Å². The van der Waals surface area contributed by atoms with Crippen LogP contribution in [0.25, 0.3) is 0 Å². The lowest BCUT2D eigenvalue weighted by Gasteiger charge is -2.20. The minimum atomic E-state index is -4.06. The SMILES string of the molecule is CCC(C)C(C)NC(=O)c1cc(Cl)cc(S(N)(=O)=O)c1Cl. The Hall–Kier alpha value is -0.820. The summed E-state index contributed by atoms with van der Waals surface area (Å²) in [6.45, 7) is 5.88. The van der Waals surface area contributed by atoms with Gasteiger partial charge in [0.05, 0.1) is 10.6 Å². The first-order valence-corrected chi connectivity index (χ1v) is 8.70. The summed E-state index contributed by atoms with van der Waals surface area (Å²) in [6.07, 6.45) is 0.896. The number of hydrogen-bond acceptors (Lipinski definition) is 3. The predicted molar refractivity (Wildman–Crippen MR) is 84.2 cm³/mol. The molecule has 8 heteroatoms. The van der Waals surface area contributed by atoms with E-state index in [9.17, 15) is 13.2 Å². The van der Waals surface area contributed by atoms with Gasteiger partial charge in [0.25, 0.3) is 5.91 Å². The fourth-order valence-electron chi connectivity index (χ4n) is 1.72. The minimum absolute atomic E-state index is 0.0108. The van der Waals surface area contributed by atoms with E-state index in [0.29, 0.717) is 0 Å². The lowest BCUT2D eigenvalue weighted by Crippen LogP contribution is -2.37. The molecule has 21 heavy (non-hydrogen) atoms. The van der Waals surface area contributed by atoms with Gasteiger partial charge in [-0.2, -0.15) is 0 Å². The fourth-order valence-corrected chi connectivity index (χ4v) is 3.17. The van der Waals surface area contributed by atoms with Crippen LogP contribution in [0.3, 0.4) is 0 Å². The smallest absolute Gasteiger partial charge is 0.253 e. The Kier molecular flexibility index (Phi) is 6.04. The average molecular weight is 353 g/mol. The number of nitrogens with two attached hydrogens (primary N) is 1. The van der Waals surface area contributed by atoms with Crippen LogP contribution in [0.1, 0.15) is 37.6 Å². The molecule has 5 nitrogen and oxygen atoms in total. The van der Waals surface area contributed by atoms with Gasteiger partial charge in [0.1, 0.15) is 4.90 Å². The molecule has 0 saturated carbocycles. The molecule has 2 unspecified atom stereocenters. The monoisotopic (exact) mass is 352 g/mol. The molecule has 2 atom stereocenters. The summed E-state index contributed by atoms with van der Waals surface area (Å²) in [6, 6.07) is 2.35. The number of sulfonamides is 1. The van der Waals surface area contributed by atoms with Gasteiger partial charge in [-0.05, 0) is 25.0 Å². The molecule has 0 aliphatic heterocycles. The van der Waals surface area contributed by atoms with Crippen molar-refractivity contribution >= 4 is 39.1 Å². The summed E-state index contributed by atoms with van der Waals surface area (Å²) >= 11 is 11.8. The van der Waals surface area contributed by atoms with Crippen LogP contribution in [-0.4, -0.2) is 20.4 Å². The molecular weight excluding hydrogens is 335 g/mol. The highest BCUT2D eigenvalue weighted by molar-refractivity contribution is 7.89. The first kappa shape index (κ1) is 18.2. The molecule has 3 N–H and O–H groups in total. The first-order chi connectivity index (χ1) is 9.57. The average Bonchev–Trinajstić information content (AvgIpc) is 2.38. The number of carbonyl (C=O) groups excluding carboxylic acids is 1. The van der Waals surface area contributed by atoms with Crippen LogP contribution in [0, 0.1) is 5.92 Å². The Bertz CT molecular complexity index is 647. The highest BCUT2D eigenvalue weighted by Gasteiger charge is 2.23. The van der Waals surface area contributed by atoms with Crippen molar-refractivity contribution in [2.45, 2.75) is 38.1 Å². The van der Waals surface area contributed by atoms with Crippen LogP contribution in [0.15, 0.2) is 17.0 Å². The number of carbonyl (C=O) groups is 1. The molecule has 1 rings (SSSR count). The van der Waals surface area contributed by atoms with Gasteiger partial charge in [-0.3, -0.25) is 4.79 Å². The summed E-state index contributed by atoms with van der Waals surface area (Å²) in [7, 11) is -4.06. The molecule has 0 fully saturated rings. The Morgan fingerprint density at radius 1 is 1.33 bits per heavy atom. The molecule has 0 bridgehead atoms. The highest BCUT2D eigenvalue weighted by atomic mass is 35.5. The molecule has 0 spiro atoms. The van der Waals surface area contributed by atoms with Crippen molar-refractivity contribution in [2.24, 2.45) is 11.1 Å². The third-order valence-electron chi connectivity index (χ3n) is 3.41. The number of halogens is 2. The zero-order valence-electron chi connectivity index (χ0n) is 12.0. The van der Waals surface area contributed by atoms with Crippen LogP contribution < -0.4 is 10.5 Å². The molecule has 1 aromatic rings. The summed E-state index contributed by atoms with van der Waals surface area (Å²) in [5.41, 5.74) is -0.0108. The second-order valence-corrected chi connectivity index (χ2v) is 7.30. The number of nitrogens with one attached hydrogen (secondary N) is 1. The van der Waals surface area contributed by atoms with E-state index in [-0.39, 0.29) is 32.5 Å². The molecule has 0 saturated heterocycles. The van der Waals surface area contributed by atoms with Gasteiger partial charge in [-0.15, -0.1) is 0 Å². The molecule has 1 amide bonds. The number of amides is 1. The molecule has 118 valence electrons. The van der Waals surface area contributed by atoms with Gasteiger partial charge in [0.2, 0.25) is 10.0 Å². The molecular formula is C13H18Cl2N2O3S. The second-order valence-electron chi connectivity index (χ2n) is 4.96. The minimum Gasteiger partial charge on any atom is -0.349 e. The van der Waals surface area contributed by atoms with E-state index in [1.165, 1.54) is 6.07 Å². The Balaban J connectivity index is 3.20. The first-order valence-electron chi connectivity index (χ1n) is 6.40. The lowest BCUT2D eigenvalue weighted by molar-refractivity contribution is 0.0928. The third-order valence-corrected chi connectivity index (χ3v) is 5.08. The molecule has 0 radical (unpaired) electrons. The second kappa shape index (κ2) is 6.96. The zero-order chi connectivity index (χ0) is 16.4. The van der Waals surface area contributed by atoms with E-state index in [1.54, 1.807) is 0 Å². The largest absolute Gasteiger partial charge is 0.349 e. The standard InChI is InChI=1S/C13H18Cl2N2O3S/c1-4-7(2)8(3)17-13(18)10-5-9(14)6-11(12(10)15)21(16,19)20/h5-8H,4H2,1-3H3,(H,17,18)(H2,16,19,20). The van der Waals surface area contributed by atoms with Gasteiger partial charge < -0.3 is 5.32 Å². The van der Waals surface area contributed by atoms with Crippen molar-refractivity contribution in [3.05, 3.63) is 27.7 Å². The van der Waals surface area contributed by atoms with Crippen LogP contribution in [-0.2, 0) is 10.0 Å². The summed E-state index contributed by atoms with van der Waals surface area (Å²) in [5.74, 6) is -0.218. The topological polar surface area (TPSA) is 89.3 Å². The fraction of sp³-hybridized carbons (Fsp3) is 0.462. The summed E-state index contributed by atoms with van der Waals surface area (Å²) in [5, 5.41) is 7.69. The number of primary sulfonamides is 1. The molecule has 0 heterocycles. The molecule has 0 aromatic heterocycles. The van der Waals surface area contributed by atoms with E-state index < -0.39 is 15.9 Å². The molecule has 0 aliphatic rings. The Labute approximate surface area is 134 Å².